The largest absolute Gasteiger partial charge is 0.491 e. The van der Waals surface area contributed by atoms with Gasteiger partial charge in [-0.1, -0.05) is 52.0 Å². The van der Waals surface area contributed by atoms with E-state index in [0.717, 1.165) is 81.8 Å². The Kier molecular flexibility index (Phi) is 15.9. The first-order chi connectivity index (χ1) is 31.6. The van der Waals surface area contributed by atoms with Gasteiger partial charge in [-0.3, -0.25) is 19.5 Å². The summed E-state index contributed by atoms with van der Waals surface area (Å²) in [6.07, 6.45) is 4.02. The Morgan fingerprint density at radius 2 is 0.868 bits per heavy atom. The van der Waals surface area contributed by atoms with Crippen LogP contribution in [0, 0.1) is 10.8 Å². The first-order valence-corrected chi connectivity index (χ1v) is 25.7. The molecule has 7 rings (SSSR count). The average molecular weight is 951 g/mol. The third-order valence-electron chi connectivity index (χ3n) is 15.1. The Balaban J connectivity index is 0.782. The normalized spacial score (nSPS) is 27.3. The highest BCUT2D eigenvalue weighted by atomic mass is 16.7. The van der Waals surface area contributed by atoms with Crippen LogP contribution in [0.3, 0.4) is 0 Å². The molecule has 5 fully saturated rings. The van der Waals surface area contributed by atoms with Gasteiger partial charge in [0.2, 0.25) is 0 Å². The molecular weight excluding hydrogens is 861 g/mol. The third kappa shape index (κ3) is 13.2. The van der Waals surface area contributed by atoms with E-state index in [4.69, 9.17) is 33.4 Å². The van der Waals surface area contributed by atoms with Crippen LogP contribution in [-0.2, 0) is 23.9 Å². The fourth-order valence-corrected chi connectivity index (χ4v) is 12.1. The Hall–Kier alpha value is -2.40. The highest BCUT2D eigenvalue weighted by Gasteiger charge is 2.58. The van der Waals surface area contributed by atoms with Crippen molar-refractivity contribution in [1.29, 1.82) is 0 Å². The molecular formula is C55H90N4O9. The number of aliphatic hydroxyl groups excluding tert-OH is 2. The van der Waals surface area contributed by atoms with Crippen molar-refractivity contribution >= 4 is 0 Å². The molecule has 0 radical (unpaired) electrons. The summed E-state index contributed by atoms with van der Waals surface area (Å²) in [7, 11) is 0. The minimum absolute atomic E-state index is 0.0152. The van der Waals surface area contributed by atoms with E-state index < -0.39 is 18.0 Å². The number of aliphatic hydroxyl groups is 2. The van der Waals surface area contributed by atoms with Crippen LogP contribution in [0.15, 0.2) is 48.5 Å². The number of rotatable bonds is 16. The number of β-amino-alcohol motifs (C(OH)–C–C–N with tert-alkyl or cyclic N) is 2. The first kappa shape index (κ1) is 53.4. The molecule has 68 heavy (non-hydrogen) atoms. The van der Waals surface area contributed by atoms with Gasteiger partial charge in [0.15, 0.2) is 5.79 Å². The highest BCUT2D eigenvalue weighted by molar-refractivity contribution is 5.29. The second kappa shape index (κ2) is 20.2. The zero-order chi connectivity index (χ0) is 49.6. The van der Waals surface area contributed by atoms with Gasteiger partial charge in [-0.15, -0.1) is 0 Å². The molecule has 5 heterocycles. The molecule has 384 valence electrons. The summed E-state index contributed by atoms with van der Waals surface area (Å²) in [5.41, 5.74) is 1.25. The standard InChI is InChI=1S/C55H90N4O9/c1-40(67-58-50(7,8)33-54(34-51(58,9)10)24-23-48(3,4)37-64-54)42-15-19-46(20-16-42)62-31-44(60)29-56-25-27-57(28-26-56)30-45(61)32-63-47-21-17-43(18-22-47)41(2)68-59-52(11,12)35-55(36-53(59,13)14)65-38-49(5,6)39-66-55/h15-22,40-41,44-45,60-61H,23-39H2,1-14H3. The van der Waals surface area contributed by atoms with E-state index in [2.05, 4.69) is 129 Å². The molecule has 5 saturated heterocycles. The van der Waals surface area contributed by atoms with Crippen LogP contribution in [0.2, 0.25) is 0 Å². The summed E-state index contributed by atoms with van der Waals surface area (Å²) >= 11 is 0. The zero-order valence-electron chi connectivity index (χ0n) is 44.5. The minimum Gasteiger partial charge on any atom is -0.491 e. The monoisotopic (exact) mass is 951 g/mol. The lowest BCUT2D eigenvalue weighted by Crippen LogP contribution is -2.68. The first-order valence-electron chi connectivity index (χ1n) is 25.7. The van der Waals surface area contributed by atoms with E-state index in [-0.39, 0.29) is 64.0 Å². The van der Waals surface area contributed by atoms with Crippen molar-refractivity contribution in [3.8, 4) is 11.5 Å². The van der Waals surface area contributed by atoms with E-state index >= 15 is 0 Å². The number of ether oxygens (including phenoxy) is 5. The van der Waals surface area contributed by atoms with Crippen molar-refractivity contribution in [2.24, 2.45) is 10.8 Å². The molecule has 5 aliphatic heterocycles. The Bertz CT molecular complexity index is 1740. The molecule has 0 bridgehead atoms. The number of benzene rings is 2. The fraction of sp³-hybridized carbons (Fsp3) is 0.782. The molecule has 5 aliphatic rings. The van der Waals surface area contributed by atoms with Crippen LogP contribution in [0.4, 0.5) is 0 Å². The van der Waals surface area contributed by atoms with Gasteiger partial charge in [0.05, 0.1) is 25.4 Å². The maximum atomic E-state index is 10.9. The molecule has 4 unspecified atom stereocenters. The predicted octanol–water partition coefficient (Wildman–Crippen LogP) is 9.12. The Morgan fingerprint density at radius 1 is 0.500 bits per heavy atom. The van der Waals surface area contributed by atoms with Crippen LogP contribution in [0.1, 0.15) is 159 Å². The lowest BCUT2D eigenvalue weighted by atomic mass is 9.67. The SMILES string of the molecule is CC(ON1C(C)(C)CC2(CCC(C)(C)CO2)CC1(C)C)c1ccc(OCC(O)CN2CCN(CC(O)COc3ccc(C(C)ON4C(C)(C)CC5(CC4(C)C)OCC(C)(C)CO5)cc3)CC2)cc1. The fourth-order valence-electron chi connectivity index (χ4n) is 12.1. The van der Waals surface area contributed by atoms with Crippen LogP contribution in [0.5, 0.6) is 11.5 Å². The van der Waals surface area contributed by atoms with Crippen LogP contribution in [-0.4, -0.2) is 148 Å². The summed E-state index contributed by atoms with van der Waals surface area (Å²) in [6, 6.07) is 16.0. The minimum atomic E-state index is -0.626. The van der Waals surface area contributed by atoms with Crippen molar-refractivity contribution < 1.29 is 43.6 Å². The molecule has 2 aromatic carbocycles. The topological polar surface area (TPSA) is 118 Å². The molecule has 0 aromatic heterocycles. The highest BCUT2D eigenvalue weighted by Crippen LogP contribution is 2.52. The molecule has 2 aromatic rings. The van der Waals surface area contributed by atoms with E-state index in [1.165, 1.54) is 6.42 Å². The molecule has 4 atom stereocenters. The predicted molar refractivity (Wildman–Crippen MR) is 266 cm³/mol. The summed E-state index contributed by atoms with van der Waals surface area (Å²) in [5.74, 6) is 0.834. The lowest BCUT2D eigenvalue weighted by molar-refractivity contribution is -0.387. The van der Waals surface area contributed by atoms with E-state index in [1.807, 2.05) is 36.4 Å². The summed E-state index contributed by atoms with van der Waals surface area (Å²) < 4.78 is 31.6. The molecule has 2 spiro atoms. The van der Waals surface area contributed by atoms with Gasteiger partial charge < -0.3 is 33.9 Å². The summed E-state index contributed by atoms with van der Waals surface area (Å²) in [6.45, 7) is 38.0. The lowest BCUT2D eigenvalue weighted by Gasteiger charge is -2.60. The van der Waals surface area contributed by atoms with Gasteiger partial charge in [0, 0.05) is 79.7 Å². The van der Waals surface area contributed by atoms with Crippen LogP contribution in [0.25, 0.3) is 0 Å². The Morgan fingerprint density at radius 3 is 1.24 bits per heavy atom. The number of hydrogen-bond donors (Lipinski definition) is 2. The molecule has 0 amide bonds. The molecule has 13 nitrogen and oxygen atoms in total. The van der Waals surface area contributed by atoms with Crippen molar-refractivity contribution in [1.82, 2.24) is 19.9 Å². The summed E-state index contributed by atoms with van der Waals surface area (Å²) in [4.78, 5) is 18.0. The van der Waals surface area contributed by atoms with E-state index in [9.17, 15) is 10.2 Å². The third-order valence-corrected chi connectivity index (χ3v) is 15.1. The van der Waals surface area contributed by atoms with Gasteiger partial charge in [0.1, 0.15) is 49.1 Å². The van der Waals surface area contributed by atoms with Gasteiger partial charge in [-0.05, 0) is 136 Å². The molecule has 13 heteroatoms. The van der Waals surface area contributed by atoms with Gasteiger partial charge in [-0.25, -0.2) is 0 Å². The van der Waals surface area contributed by atoms with Gasteiger partial charge >= 0.3 is 0 Å². The van der Waals surface area contributed by atoms with Gasteiger partial charge in [-0.2, -0.15) is 10.1 Å². The number of hydrogen-bond acceptors (Lipinski definition) is 13. The van der Waals surface area contributed by atoms with Crippen LogP contribution >= 0.6 is 0 Å². The van der Waals surface area contributed by atoms with E-state index in [0.29, 0.717) is 32.1 Å². The van der Waals surface area contributed by atoms with Crippen molar-refractivity contribution in [3.05, 3.63) is 59.7 Å². The molecule has 0 saturated carbocycles. The molecule has 0 aliphatic carbocycles. The molecule has 2 N–H and O–H groups in total. The second-order valence-corrected chi connectivity index (χ2v) is 25.5. The van der Waals surface area contributed by atoms with Gasteiger partial charge in [0.25, 0.3) is 0 Å². The van der Waals surface area contributed by atoms with Crippen molar-refractivity contribution in [2.45, 2.75) is 193 Å². The second-order valence-electron chi connectivity index (χ2n) is 25.5. The number of nitrogens with zero attached hydrogens (tertiary/aromatic N) is 4. The number of piperazine rings is 1. The average Bonchev–Trinajstić information content (AvgIpc) is 3.25. The maximum absolute atomic E-state index is 10.9. The number of hydroxylamine groups is 4. The van der Waals surface area contributed by atoms with E-state index in [1.54, 1.807) is 0 Å². The quantitative estimate of drug-likeness (QED) is 0.167. The smallest absolute Gasteiger partial charge is 0.171 e. The van der Waals surface area contributed by atoms with Crippen molar-refractivity contribution in [3.63, 3.8) is 0 Å². The number of piperidine rings is 2. The van der Waals surface area contributed by atoms with Crippen LogP contribution < -0.4 is 9.47 Å². The van der Waals surface area contributed by atoms with Crippen molar-refractivity contribution in [2.75, 3.05) is 72.3 Å². The Labute approximate surface area is 409 Å². The summed E-state index contributed by atoms with van der Waals surface area (Å²) in [5, 5.41) is 26.2. The zero-order valence-corrected chi connectivity index (χ0v) is 44.5. The maximum Gasteiger partial charge on any atom is 0.171 e.